The van der Waals surface area contributed by atoms with Gasteiger partial charge in [0, 0.05) is 18.8 Å². The van der Waals surface area contributed by atoms with Gasteiger partial charge < -0.3 is 15.3 Å². The number of likely N-dealkylation sites (tertiary alicyclic amines) is 1. The number of amides is 2. The van der Waals surface area contributed by atoms with Gasteiger partial charge in [-0.2, -0.15) is 8.42 Å². The molecular formula is C22H31N3O7S. The van der Waals surface area contributed by atoms with Crippen molar-refractivity contribution in [3.05, 3.63) is 29.3 Å². The van der Waals surface area contributed by atoms with Crippen molar-refractivity contribution in [2.45, 2.75) is 39.5 Å². The van der Waals surface area contributed by atoms with Crippen LogP contribution in [0.15, 0.2) is 18.2 Å². The highest BCUT2D eigenvalue weighted by Gasteiger charge is 2.39. The number of nitrogens with zero attached hydrogens (tertiary/aromatic N) is 2. The molecule has 0 unspecified atom stereocenters. The third kappa shape index (κ3) is 6.75. The first-order chi connectivity index (χ1) is 15.5. The molecule has 2 N–H and O–H groups in total. The molecule has 182 valence electrons. The number of aliphatic carboxylic acids is 1. The van der Waals surface area contributed by atoms with E-state index in [1.807, 2.05) is 0 Å². The summed E-state index contributed by atoms with van der Waals surface area (Å²) in [4.78, 5) is 39.7. The van der Waals surface area contributed by atoms with Gasteiger partial charge in [-0.15, -0.1) is 0 Å². The van der Waals surface area contributed by atoms with Gasteiger partial charge in [-0.25, -0.2) is 4.18 Å². The third-order valence-electron chi connectivity index (χ3n) is 5.81. The zero-order chi connectivity index (χ0) is 24.2. The van der Waals surface area contributed by atoms with Crippen LogP contribution in [-0.4, -0.2) is 79.8 Å². The van der Waals surface area contributed by atoms with Crippen LogP contribution in [0.25, 0.3) is 0 Å². The van der Waals surface area contributed by atoms with Crippen molar-refractivity contribution in [3.63, 3.8) is 0 Å². The number of fused-ring (bicyclic) bond motifs is 1. The molecule has 11 heteroatoms. The number of rotatable bonds is 11. The Bertz CT molecular complexity index is 1020. The van der Waals surface area contributed by atoms with Gasteiger partial charge >= 0.3 is 5.97 Å². The predicted molar refractivity (Wildman–Crippen MR) is 121 cm³/mol. The molecule has 0 spiro atoms. The van der Waals surface area contributed by atoms with Crippen LogP contribution in [0.2, 0.25) is 0 Å². The molecule has 2 aliphatic rings. The average molecular weight is 482 g/mol. The van der Waals surface area contributed by atoms with Gasteiger partial charge in [-0.05, 0) is 49.5 Å². The molecule has 2 aliphatic heterocycles. The minimum absolute atomic E-state index is 0.0211. The molecule has 1 fully saturated rings. The Labute approximate surface area is 194 Å². The van der Waals surface area contributed by atoms with Crippen LogP contribution in [0.5, 0.6) is 0 Å². The molecule has 2 heterocycles. The van der Waals surface area contributed by atoms with E-state index in [0.29, 0.717) is 12.2 Å². The molecule has 0 aliphatic carbocycles. The molecule has 3 rings (SSSR count). The summed E-state index contributed by atoms with van der Waals surface area (Å²) >= 11 is 0. The van der Waals surface area contributed by atoms with E-state index in [1.54, 1.807) is 19.9 Å². The topological polar surface area (TPSA) is 133 Å². The Hall–Kier alpha value is -2.50. The average Bonchev–Trinajstić information content (AvgIpc) is 2.96. The molecular weight excluding hydrogens is 450 g/mol. The van der Waals surface area contributed by atoms with E-state index >= 15 is 0 Å². The van der Waals surface area contributed by atoms with Crippen LogP contribution in [0, 0.1) is 5.41 Å². The fourth-order valence-corrected chi connectivity index (χ4v) is 4.96. The Morgan fingerprint density at radius 3 is 2.45 bits per heavy atom. The van der Waals surface area contributed by atoms with E-state index in [2.05, 4.69) is 10.2 Å². The lowest BCUT2D eigenvalue weighted by atomic mass is 9.89. The van der Waals surface area contributed by atoms with Gasteiger partial charge in [0.25, 0.3) is 21.9 Å². The van der Waals surface area contributed by atoms with Crippen LogP contribution in [0.4, 0.5) is 5.69 Å². The van der Waals surface area contributed by atoms with Gasteiger partial charge in [0.05, 0.1) is 23.3 Å². The first kappa shape index (κ1) is 25.1. The van der Waals surface area contributed by atoms with Crippen LogP contribution in [0.1, 0.15) is 60.2 Å². The van der Waals surface area contributed by atoms with Crippen molar-refractivity contribution >= 4 is 33.6 Å². The maximum Gasteiger partial charge on any atom is 0.303 e. The summed E-state index contributed by atoms with van der Waals surface area (Å²) in [5.41, 5.74) is 0.0695. The number of carbonyl (C=O) groups excluding carboxylic acids is 2. The van der Waals surface area contributed by atoms with E-state index in [1.165, 1.54) is 18.6 Å². The molecule has 0 saturated carbocycles. The van der Waals surface area contributed by atoms with Gasteiger partial charge in [0.15, 0.2) is 0 Å². The summed E-state index contributed by atoms with van der Waals surface area (Å²) in [6.07, 6.45) is 3.15. The summed E-state index contributed by atoms with van der Waals surface area (Å²) in [5, 5.41) is 11.9. The number of hydrogen-bond acceptors (Lipinski definition) is 8. The lowest BCUT2D eigenvalue weighted by molar-refractivity contribution is -0.139. The Morgan fingerprint density at radius 2 is 1.79 bits per heavy atom. The quantitative estimate of drug-likeness (QED) is 0.276. The molecule has 2 amide bonds. The summed E-state index contributed by atoms with van der Waals surface area (Å²) in [5.74, 6) is -2.08. The highest BCUT2D eigenvalue weighted by Crippen LogP contribution is 2.30. The third-order valence-corrected chi connectivity index (χ3v) is 6.97. The number of carboxylic acids is 1. The van der Waals surface area contributed by atoms with Crippen molar-refractivity contribution in [1.82, 2.24) is 9.80 Å². The predicted octanol–water partition coefficient (Wildman–Crippen LogP) is 1.99. The van der Waals surface area contributed by atoms with E-state index in [4.69, 9.17) is 9.29 Å². The summed E-state index contributed by atoms with van der Waals surface area (Å²) in [7, 11) is -3.70. The van der Waals surface area contributed by atoms with Crippen molar-refractivity contribution in [2.75, 3.05) is 44.0 Å². The highest BCUT2D eigenvalue weighted by atomic mass is 32.2. The smallest absolute Gasteiger partial charge is 0.303 e. The number of hydrogen-bond donors (Lipinski definition) is 2. The number of anilines is 1. The first-order valence-corrected chi connectivity index (χ1v) is 12.6. The van der Waals surface area contributed by atoms with E-state index in [0.717, 1.165) is 30.8 Å². The maximum absolute atomic E-state index is 12.8. The summed E-state index contributed by atoms with van der Waals surface area (Å²) in [6, 6.07) is 4.54. The zero-order valence-corrected chi connectivity index (χ0v) is 19.8. The Kier molecular flexibility index (Phi) is 7.76. The monoisotopic (exact) mass is 481 g/mol. The van der Waals surface area contributed by atoms with E-state index < -0.39 is 33.3 Å². The van der Waals surface area contributed by atoms with E-state index in [-0.39, 0.29) is 36.6 Å². The zero-order valence-electron chi connectivity index (χ0n) is 19.0. The van der Waals surface area contributed by atoms with Crippen molar-refractivity contribution in [3.8, 4) is 0 Å². The van der Waals surface area contributed by atoms with Gasteiger partial charge in [0.1, 0.15) is 6.73 Å². The SMILES string of the molecule is CC(C)(CC(=O)O)CN1C(=O)c2ccc(NCOS(=O)(=O)CCN3CCCCC3)cc2C1=O. The molecule has 1 aromatic carbocycles. The molecule has 0 radical (unpaired) electrons. The summed E-state index contributed by atoms with van der Waals surface area (Å²) in [6.45, 7) is 5.29. The van der Waals surface area contributed by atoms with Gasteiger partial charge in [0.2, 0.25) is 0 Å². The molecule has 1 saturated heterocycles. The fourth-order valence-electron chi connectivity index (χ4n) is 4.12. The lowest BCUT2D eigenvalue weighted by Crippen LogP contribution is -2.39. The number of benzene rings is 1. The standard InChI is InChI=1S/C22H31N3O7S/c1-22(2,13-19(26)27)14-25-20(28)17-7-6-16(12-18(17)21(25)29)23-15-32-33(30,31)11-10-24-8-4-3-5-9-24/h6-7,12,23H,3-5,8-11,13-15H2,1-2H3,(H,26,27). The van der Waals surface area contributed by atoms with Crippen molar-refractivity contribution in [2.24, 2.45) is 5.41 Å². The minimum atomic E-state index is -3.70. The van der Waals surface area contributed by atoms with Crippen LogP contribution in [-0.2, 0) is 19.1 Å². The fraction of sp³-hybridized carbons (Fsp3) is 0.591. The van der Waals surface area contributed by atoms with E-state index in [9.17, 15) is 22.8 Å². The number of piperidine rings is 1. The second kappa shape index (κ2) is 10.2. The van der Waals surface area contributed by atoms with Gasteiger partial charge in [-0.3, -0.25) is 19.3 Å². The first-order valence-electron chi connectivity index (χ1n) is 11.0. The molecule has 1 aromatic rings. The van der Waals surface area contributed by atoms with Crippen molar-refractivity contribution < 1.29 is 32.1 Å². The molecule has 33 heavy (non-hydrogen) atoms. The van der Waals surface area contributed by atoms with Crippen molar-refractivity contribution in [1.29, 1.82) is 0 Å². The molecule has 10 nitrogen and oxygen atoms in total. The number of nitrogens with one attached hydrogen (secondary N) is 1. The largest absolute Gasteiger partial charge is 0.481 e. The van der Waals surface area contributed by atoms with Crippen LogP contribution >= 0.6 is 0 Å². The normalized spacial score (nSPS) is 17.3. The number of imide groups is 1. The van der Waals surface area contributed by atoms with Crippen LogP contribution < -0.4 is 5.32 Å². The van der Waals surface area contributed by atoms with Crippen LogP contribution in [0.3, 0.4) is 0 Å². The molecule has 0 atom stereocenters. The lowest BCUT2D eigenvalue weighted by Gasteiger charge is -2.27. The number of carbonyl (C=O) groups is 3. The molecule has 0 aromatic heterocycles. The Morgan fingerprint density at radius 1 is 1.12 bits per heavy atom. The second-order valence-electron chi connectivity index (χ2n) is 9.29. The second-order valence-corrected chi connectivity index (χ2v) is 11.1. The summed E-state index contributed by atoms with van der Waals surface area (Å²) < 4.78 is 29.4. The Balaban J connectivity index is 1.55. The number of carboxylic acid groups (broad SMARTS) is 1. The minimum Gasteiger partial charge on any atom is -0.481 e. The van der Waals surface area contributed by atoms with Gasteiger partial charge in [-0.1, -0.05) is 20.3 Å². The maximum atomic E-state index is 12.8. The highest BCUT2D eigenvalue weighted by molar-refractivity contribution is 7.86. The molecule has 0 bridgehead atoms.